The molecule has 250 valence electrons. The first-order valence-corrected chi connectivity index (χ1v) is 18.1. The lowest BCUT2D eigenvalue weighted by Gasteiger charge is -2.35. The molecule has 0 radical (unpaired) electrons. The van der Waals surface area contributed by atoms with Crippen molar-refractivity contribution in [2.24, 2.45) is 0 Å². The number of fused-ring (bicyclic) bond motifs is 7. The van der Waals surface area contributed by atoms with Gasteiger partial charge in [-0.25, -0.2) is 0 Å². The Labute approximate surface area is 304 Å². The monoisotopic (exact) mass is 670 g/mol. The summed E-state index contributed by atoms with van der Waals surface area (Å²) >= 11 is 0. The average molecular weight is 671 g/mol. The molecule has 0 atom stereocenters. The van der Waals surface area contributed by atoms with E-state index in [-0.39, 0.29) is 5.41 Å². The fraction of sp³-hybridized carbons (Fsp3) is 0.102. The van der Waals surface area contributed by atoms with E-state index in [1.807, 2.05) is 0 Å². The topological polar surface area (TPSA) is 19.1 Å². The molecule has 0 fully saturated rings. The normalized spacial score (nSPS) is 13.3. The number of nitrogens with zero attached hydrogens (tertiary/aromatic N) is 2. The first kappa shape index (κ1) is 30.5. The van der Waals surface area contributed by atoms with E-state index in [4.69, 9.17) is 4.74 Å². The molecule has 9 aromatic rings. The summed E-state index contributed by atoms with van der Waals surface area (Å²) in [5.41, 5.74) is 15.3. The third kappa shape index (κ3) is 4.32. The first-order valence-electron chi connectivity index (χ1n) is 18.1. The van der Waals surface area contributed by atoms with Gasteiger partial charge in [-0.05, 0) is 84.1 Å². The molecule has 0 saturated carbocycles. The largest absolute Gasteiger partial charge is 0.456 e. The third-order valence-corrected chi connectivity index (χ3v) is 11.3. The van der Waals surface area contributed by atoms with Crippen LogP contribution < -0.4 is 4.74 Å². The summed E-state index contributed by atoms with van der Waals surface area (Å²) in [5, 5.41) is 3.78. The van der Waals surface area contributed by atoms with Crippen LogP contribution in [0.2, 0.25) is 0 Å². The van der Waals surface area contributed by atoms with Crippen molar-refractivity contribution in [3.8, 4) is 45.1 Å². The van der Waals surface area contributed by atoms with Gasteiger partial charge in [0.1, 0.15) is 17.1 Å². The summed E-state index contributed by atoms with van der Waals surface area (Å²) in [4.78, 5) is 0. The van der Waals surface area contributed by atoms with Crippen molar-refractivity contribution in [3.63, 3.8) is 0 Å². The van der Waals surface area contributed by atoms with E-state index in [9.17, 15) is 0 Å². The van der Waals surface area contributed by atoms with Gasteiger partial charge in [0.05, 0.1) is 11.0 Å². The molecule has 0 unspecified atom stereocenters. The van der Waals surface area contributed by atoms with Crippen LogP contribution >= 0.6 is 0 Å². The van der Waals surface area contributed by atoms with Crippen molar-refractivity contribution in [2.45, 2.75) is 33.1 Å². The van der Waals surface area contributed by atoms with Crippen molar-refractivity contribution < 1.29 is 4.74 Å². The van der Waals surface area contributed by atoms with Crippen molar-refractivity contribution in [1.29, 1.82) is 0 Å². The van der Waals surface area contributed by atoms with Crippen LogP contribution in [0.25, 0.3) is 66.5 Å². The molecule has 3 heteroatoms. The minimum Gasteiger partial charge on any atom is -0.456 e. The Bertz CT molecular complexity index is 2870. The molecule has 0 aliphatic carbocycles. The van der Waals surface area contributed by atoms with Gasteiger partial charge < -0.3 is 4.74 Å². The van der Waals surface area contributed by atoms with Gasteiger partial charge in [-0.15, -0.1) is 0 Å². The van der Waals surface area contributed by atoms with E-state index in [0.29, 0.717) is 0 Å². The zero-order valence-electron chi connectivity index (χ0n) is 29.8. The summed E-state index contributed by atoms with van der Waals surface area (Å²) in [7, 11) is 0. The van der Waals surface area contributed by atoms with Crippen molar-refractivity contribution in [1.82, 2.24) is 9.13 Å². The van der Waals surface area contributed by atoms with Gasteiger partial charge in [-0.3, -0.25) is 9.13 Å². The molecule has 52 heavy (non-hydrogen) atoms. The molecule has 3 heterocycles. The Balaban J connectivity index is 1.19. The van der Waals surface area contributed by atoms with E-state index in [1.54, 1.807) is 0 Å². The lowest BCUT2D eigenvalue weighted by Crippen LogP contribution is -2.24. The molecule has 0 saturated heterocycles. The number of benzene rings is 7. The van der Waals surface area contributed by atoms with Crippen LogP contribution in [0.15, 0.2) is 158 Å². The Morgan fingerprint density at radius 1 is 0.519 bits per heavy atom. The van der Waals surface area contributed by atoms with Gasteiger partial charge in [0.15, 0.2) is 0 Å². The van der Waals surface area contributed by atoms with Crippen molar-refractivity contribution in [2.75, 3.05) is 0 Å². The number of aromatic nitrogens is 2. The number of aryl methyl sites for hydroxylation is 1. The van der Waals surface area contributed by atoms with Crippen LogP contribution in [0, 0.1) is 13.8 Å². The second-order valence-electron chi connectivity index (χ2n) is 14.6. The number of hydrogen-bond acceptors (Lipinski definition) is 1. The van der Waals surface area contributed by atoms with Gasteiger partial charge in [-0.1, -0.05) is 129 Å². The zero-order chi connectivity index (χ0) is 35.1. The van der Waals surface area contributed by atoms with E-state index < -0.39 is 0 Å². The van der Waals surface area contributed by atoms with Gasteiger partial charge >= 0.3 is 0 Å². The summed E-state index contributed by atoms with van der Waals surface area (Å²) in [6.07, 6.45) is 0. The van der Waals surface area contributed by atoms with E-state index in [0.717, 1.165) is 28.4 Å². The lowest BCUT2D eigenvalue weighted by atomic mass is 9.74. The van der Waals surface area contributed by atoms with E-state index in [2.05, 4.69) is 195 Å². The Hall–Kier alpha value is -6.32. The Morgan fingerprint density at radius 2 is 1.13 bits per heavy atom. The SMILES string of the molecule is Cc1ccc(-c2cccc(-n3c4ccccc4c4c5ccccc5n(-c5ccccc5)c43)c2)c(C)c1-c1cccc2c1Oc1ccccc1C2(C)C. The number of para-hydroxylation sites is 5. The molecule has 0 amide bonds. The van der Waals surface area contributed by atoms with Crippen molar-refractivity contribution >= 4 is 32.8 Å². The molecule has 10 rings (SSSR count). The van der Waals surface area contributed by atoms with Crippen LogP contribution in [0.5, 0.6) is 11.5 Å². The number of rotatable bonds is 4. The predicted molar refractivity (Wildman–Crippen MR) is 217 cm³/mol. The molecular formula is C49H38N2O. The highest BCUT2D eigenvalue weighted by atomic mass is 16.5. The third-order valence-electron chi connectivity index (χ3n) is 11.3. The second kappa shape index (κ2) is 11.3. The standard InChI is InChI=1S/C49H38N2O/c1-31-28-29-36(32(2)45(31)39-22-15-24-41-47(39)52-44-27-13-10-23-40(44)49(41,3)4)33-16-14-19-35(30-33)51-43-26-12-9-21-38(43)46-37-20-8-11-25-42(37)50(48(46)51)34-17-6-5-7-18-34/h5-30H,1-4H3. The summed E-state index contributed by atoms with van der Waals surface area (Å²) in [6.45, 7) is 9.09. The smallest absolute Gasteiger partial charge is 0.139 e. The fourth-order valence-corrected chi connectivity index (χ4v) is 8.85. The van der Waals surface area contributed by atoms with Crippen LogP contribution in [0.4, 0.5) is 0 Å². The van der Waals surface area contributed by atoms with Crippen LogP contribution in [-0.2, 0) is 5.41 Å². The fourth-order valence-electron chi connectivity index (χ4n) is 8.85. The van der Waals surface area contributed by atoms with Gasteiger partial charge in [0.2, 0.25) is 0 Å². The summed E-state index contributed by atoms with van der Waals surface area (Å²) < 4.78 is 11.6. The minimum absolute atomic E-state index is 0.180. The highest BCUT2D eigenvalue weighted by Crippen LogP contribution is 2.52. The molecule has 7 aromatic carbocycles. The molecular weight excluding hydrogens is 633 g/mol. The minimum atomic E-state index is -0.180. The Kier molecular flexibility index (Phi) is 6.65. The maximum Gasteiger partial charge on any atom is 0.139 e. The second-order valence-corrected chi connectivity index (χ2v) is 14.6. The molecule has 0 spiro atoms. The highest BCUT2D eigenvalue weighted by Gasteiger charge is 2.35. The van der Waals surface area contributed by atoms with Gasteiger partial charge in [0, 0.05) is 49.6 Å². The maximum absolute atomic E-state index is 6.77. The zero-order valence-corrected chi connectivity index (χ0v) is 29.8. The van der Waals surface area contributed by atoms with Gasteiger partial charge in [-0.2, -0.15) is 0 Å². The number of hydrogen-bond donors (Lipinski definition) is 0. The predicted octanol–water partition coefficient (Wildman–Crippen LogP) is 13.1. The molecule has 0 bridgehead atoms. The van der Waals surface area contributed by atoms with E-state index >= 15 is 0 Å². The molecule has 2 aromatic heterocycles. The lowest BCUT2D eigenvalue weighted by molar-refractivity contribution is 0.419. The first-order chi connectivity index (χ1) is 25.4. The van der Waals surface area contributed by atoms with Gasteiger partial charge in [0.25, 0.3) is 0 Å². The van der Waals surface area contributed by atoms with Crippen LogP contribution in [0.3, 0.4) is 0 Å². The summed E-state index contributed by atoms with van der Waals surface area (Å²) in [6, 6.07) is 57.0. The molecule has 1 aliphatic heterocycles. The number of ether oxygens (including phenoxy) is 1. The Morgan fingerprint density at radius 3 is 1.90 bits per heavy atom. The quantitative estimate of drug-likeness (QED) is 0.182. The summed E-state index contributed by atoms with van der Waals surface area (Å²) in [5.74, 6) is 1.89. The molecule has 1 aliphatic rings. The van der Waals surface area contributed by atoms with E-state index in [1.165, 1.54) is 71.8 Å². The van der Waals surface area contributed by atoms with Crippen molar-refractivity contribution in [3.05, 3.63) is 180 Å². The molecule has 0 N–H and O–H groups in total. The van der Waals surface area contributed by atoms with Crippen LogP contribution in [0.1, 0.15) is 36.1 Å². The maximum atomic E-state index is 6.77. The van der Waals surface area contributed by atoms with Crippen LogP contribution in [-0.4, -0.2) is 9.13 Å². The average Bonchev–Trinajstić information content (AvgIpc) is 3.68. The highest BCUT2D eigenvalue weighted by molar-refractivity contribution is 6.22. The molecule has 3 nitrogen and oxygen atoms in total.